The minimum absolute atomic E-state index is 0.524. The molecule has 1 aromatic heterocycles. The van der Waals surface area contributed by atoms with Gasteiger partial charge in [0.15, 0.2) is 0 Å². The van der Waals surface area contributed by atoms with Crippen molar-refractivity contribution in [3.8, 4) is 5.40 Å². The van der Waals surface area contributed by atoms with E-state index in [1.54, 1.807) is 0 Å². The van der Waals surface area contributed by atoms with Gasteiger partial charge in [-0.15, -0.1) is 0 Å². The second-order valence-electron chi connectivity index (χ2n) is 3.98. The number of thioether (sulfide) groups is 1. The molecule has 1 heterocycles. The molecule has 0 radical (unpaired) electrons. The summed E-state index contributed by atoms with van der Waals surface area (Å²) in [5.41, 5.74) is 3.69. The van der Waals surface area contributed by atoms with Gasteiger partial charge in [-0.3, -0.25) is 4.68 Å². The summed E-state index contributed by atoms with van der Waals surface area (Å²) >= 11 is 1.33. The summed E-state index contributed by atoms with van der Waals surface area (Å²) in [6.07, 6.45) is 1.01. The predicted octanol–water partition coefficient (Wildman–Crippen LogP) is 2.43. The van der Waals surface area contributed by atoms with Crippen molar-refractivity contribution in [2.75, 3.05) is 5.75 Å². The highest BCUT2D eigenvalue weighted by molar-refractivity contribution is 8.03. The molecule has 0 aromatic carbocycles. The maximum absolute atomic E-state index is 8.49. The zero-order valence-corrected chi connectivity index (χ0v) is 10.6. The summed E-state index contributed by atoms with van der Waals surface area (Å²) in [5, 5.41) is 15.0. The molecule has 1 atom stereocenters. The van der Waals surface area contributed by atoms with Crippen LogP contribution < -0.4 is 0 Å². The summed E-state index contributed by atoms with van der Waals surface area (Å²) in [6.45, 7) is 6.32. The van der Waals surface area contributed by atoms with E-state index in [0.29, 0.717) is 5.92 Å². The molecule has 1 aromatic rings. The van der Waals surface area contributed by atoms with Crippen molar-refractivity contribution in [3.05, 3.63) is 17.0 Å². The minimum Gasteiger partial charge on any atom is -0.272 e. The van der Waals surface area contributed by atoms with Gasteiger partial charge in [-0.25, -0.2) is 0 Å². The molecule has 0 amide bonds. The van der Waals surface area contributed by atoms with Crippen molar-refractivity contribution >= 4 is 11.8 Å². The number of rotatable bonds is 4. The Morgan fingerprint density at radius 3 is 2.67 bits per heavy atom. The highest BCUT2D eigenvalue weighted by Gasteiger charge is 2.12. The van der Waals surface area contributed by atoms with E-state index in [4.69, 9.17) is 5.26 Å². The Morgan fingerprint density at radius 1 is 1.53 bits per heavy atom. The number of nitriles is 1. The first kappa shape index (κ1) is 12.1. The van der Waals surface area contributed by atoms with Gasteiger partial charge in [-0.2, -0.15) is 10.4 Å². The minimum atomic E-state index is 0.524. The summed E-state index contributed by atoms with van der Waals surface area (Å²) in [6, 6.07) is 0. The number of thiocyanates is 1. The van der Waals surface area contributed by atoms with E-state index in [0.717, 1.165) is 17.9 Å². The van der Waals surface area contributed by atoms with E-state index >= 15 is 0 Å². The van der Waals surface area contributed by atoms with E-state index < -0.39 is 0 Å². The third kappa shape index (κ3) is 3.00. The molecule has 15 heavy (non-hydrogen) atoms. The summed E-state index contributed by atoms with van der Waals surface area (Å²) < 4.78 is 1.93. The maximum Gasteiger partial charge on any atom is 0.133 e. The first-order valence-electron chi connectivity index (χ1n) is 5.06. The molecule has 0 aliphatic rings. The highest BCUT2D eigenvalue weighted by Crippen LogP contribution is 2.19. The first-order valence-corrected chi connectivity index (χ1v) is 6.04. The summed E-state index contributed by atoms with van der Waals surface area (Å²) in [7, 11) is 1.97. The van der Waals surface area contributed by atoms with Crippen LogP contribution in [0.5, 0.6) is 0 Å². The predicted molar refractivity (Wildman–Crippen MR) is 63.6 cm³/mol. The van der Waals surface area contributed by atoms with Gasteiger partial charge >= 0.3 is 0 Å². The van der Waals surface area contributed by atoms with Crippen LogP contribution in [0.25, 0.3) is 0 Å². The molecule has 1 rings (SSSR count). The molecule has 0 spiro atoms. The first-order chi connectivity index (χ1) is 7.06. The van der Waals surface area contributed by atoms with E-state index in [2.05, 4.69) is 24.3 Å². The molecule has 1 unspecified atom stereocenters. The Labute approximate surface area is 95.5 Å². The topological polar surface area (TPSA) is 41.6 Å². The number of aryl methyl sites for hydroxylation is 2. The average Bonchev–Trinajstić information content (AvgIpc) is 2.42. The maximum atomic E-state index is 8.49. The number of hydrogen-bond donors (Lipinski definition) is 0. The lowest BCUT2D eigenvalue weighted by molar-refractivity contribution is 0.652. The lowest BCUT2D eigenvalue weighted by Gasteiger charge is -2.08. The largest absolute Gasteiger partial charge is 0.272 e. The average molecular weight is 223 g/mol. The molecule has 0 fully saturated rings. The van der Waals surface area contributed by atoms with Crippen LogP contribution in [0.15, 0.2) is 0 Å². The summed E-state index contributed by atoms with van der Waals surface area (Å²) in [4.78, 5) is 0. The van der Waals surface area contributed by atoms with Crippen LogP contribution in [0.3, 0.4) is 0 Å². The molecule has 0 bridgehead atoms. The zero-order valence-electron chi connectivity index (χ0n) is 9.74. The van der Waals surface area contributed by atoms with Crippen LogP contribution in [0.2, 0.25) is 0 Å². The van der Waals surface area contributed by atoms with Gasteiger partial charge < -0.3 is 0 Å². The smallest absolute Gasteiger partial charge is 0.133 e. The fourth-order valence-corrected chi connectivity index (χ4v) is 2.18. The quantitative estimate of drug-likeness (QED) is 0.736. The SMILES string of the molecule is Cc1nn(C)c(C)c1CC(C)CSC#N. The van der Waals surface area contributed by atoms with Crippen molar-refractivity contribution in [2.24, 2.45) is 13.0 Å². The van der Waals surface area contributed by atoms with E-state index in [1.165, 1.54) is 23.0 Å². The standard InChI is InChI=1S/C11H17N3S/c1-8(6-15-7-12)5-11-9(2)13-14(4)10(11)3/h8H,5-6H2,1-4H3. The van der Waals surface area contributed by atoms with Crippen molar-refractivity contribution < 1.29 is 0 Å². The van der Waals surface area contributed by atoms with Gasteiger partial charge in [0.2, 0.25) is 0 Å². The van der Waals surface area contributed by atoms with Gasteiger partial charge in [0.1, 0.15) is 5.40 Å². The molecule has 4 heteroatoms. The molecule has 0 aliphatic heterocycles. The lowest BCUT2D eigenvalue weighted by Crippen LogP contribution is -2.04. The second kappa shape index (κ2) is 5.22. The van der Waals surface area contributed by atoms with Crippen molar-refractivity contribution in [2.45, 2.75) is 27.2 Å². The van der Waals surface area contributed by atoms with Crippen molar-refractivity contribution in [3.63, 3.8) is 0 Å². The van der Waals surface area contributed by atoms with Gasteiger partial charge in [0, 0.05) is 18.5 Å². The summed E-state index contributed by atoms with van der Waals surface area (Å²) in [5.74, 6) is 1.42. The van der Waals surface area contributed by atoms with Crippen LogP contribution in [0.1, 0.15) is 23.9 Å². The van der Waals surface area contributed by atoms with Crippen LogP contribution in [-0.4, -0.2) is 15.5 Å². The number of hydrogen-bond acceptors (Lipinski definition) is 3. The molecule has 0 aliphatic carbocycles. The second-order valence-corrected chi connectivity index (χ2v) is 4.79. The lowest BCUT2D eigenvalue weighted by atomic mass is 10.0. The molecular weight excluding hydrogens is 206 g/mol. The third-order valence-electron chi connectivity index (χ3n) is 2.64. The molecule has 82 valence electrons. The van der Waals surface area contributed by atoms with Crippen LogP contribution >= 0.6 is 11.8 Å². The van der Waals surface area contributed by atoms with E-state index in [-0.39, 0.29) is 0 Å². The third-order valence-corrected chi connectivity index (χ3v) is 3.51. The monoisotopic (exact) mass is 223 g/mol. The Kier molecular flexibility index (Phi) is 4.22. The molecule has 0 N–H and O–H groups in total. The molecule has 3 nitrogen and oxygen atoms in total. The van der Waals surface area contributed by atoms with Crippen LogP contribution in [-0.2, 0) is 13.5 Å². The fourth-order valence-electron chi connectivity index (χ4n) is 1.70. The van der Waals surface area contributed by atoms with Gasteiger partial charge in [0.25, 0.3) is 0 Å². The van der Waals surface area contributed by atoms with E-state index in [9.17, 15) is 0 Å². The fraction of sp³-hybridized carbons (Fsp3) is 0.636. The molecular formula is C11H17N3S. The van der Waals surface area contributed by atoms with Gasteiger partial charge in [-0.1, -0.05) is 6.92 Å². The number of aromatic nitrogens is 2. The normalized spacial score (nSPS) is 12.5. The Morgan fingerprint density at radius 2 is 2.20 bits per heavy atom. The molecule has 0 saturated carbocycles. The van der Waals surface area contributed by atoms with Crippen LogP contribution in [0, 0.1) is 30.4 Å². The zero-order chi connectivity index (χ0) is 11.4. The Balaban J connectivity index is 2.68. The van der Waals surface area contributed by atoms with E-state index in [1.807, 2.05) is 18.7 Å². The molecule has 0 saturated heterocycles. The van der Waals surface area contributed by atoms with Crippen molar-refractivity contribution in [1.82, 2.24) is 9.78 Å². The van der Waals surface area contributed by atoms with Gasteiger partial charge in [-0.05, 0) is 43.5 Å². The number of nitrogens with zero attached hydrogens (tertiary/aromatic N) is 3. The van der Waals surface area contributed by atoms with Crippen LogP contribution in [0.4, 0.5) is 0 Å². The van der Waals surface area contributed by atoms with Gasteiger partial charge in [0.05, 0.1) is 5.69 Å². The highest BCUT2D eigenvalue weighted by atomic mass is 32.2. The Bertz CT molecular complexity index is 376. The Hall–Kier alpha value is -0.950. The van der Waals surface area contributed by atoms with Crippen molar-refractivity contribution in [1.29, 1.82) is 5.26 Å².